The second kappa shape index (κ2) is 5.82. The van der Waals surface area contributed by atoms with Gasteiger partial charge in [0.2, 0.25) is 5.91 Å². The number of nitrogens with one attached hydrogen (secondary N) is 1. The predicted octanol–water partition coefficient (Wildman–Crippen LogP) is 2.41. The Morgan fingerprint density at radius 1 is 1.16 bits per heavy atom. The summed E-state index contributed by atoms with van der Waals surface area (Å²) >= 11 is 0. The van der Waals surface area contributed by atoms with Gasteiger partial charge in [0, 0.05) is 18.5 Å². The lowest BCUT2D eigenvalue weighted by atomic mass is 9.86. The quantitative estimate of drug-likeness (QED) is 0.827. The van der Waals surface area contributed by atoms with E-state index in [1.54, 1.807) is 0 Å². The van der Waals surface area contributed by atoms with Crippen LogP contribution >= 0.6 is 0 Å². The maximum Gasteiger partial charge on any atom is 0.226 e. The van der Waals surface area contributed by atoms with Crippen LogP contribution in [0.3, 0.4) is 0 Å². The number of hydrogen-bond donors (Lipinski definition) is 1. The van der Waals surface area contributed by atoms with Crippen LogP contribution in [-0.2, 0) is 4.79 Å². The number of amides is 1. The largest absolute Gasteiger partial charge is 0.339 e. The van der Waals surface area contributed by atoms with E-state index >= 15 is 0 Å². The molecule has 1 aliphatic heterocycles. The zero-order chi connectivity index (χ0) is 13.2. The second-order valence-corrected chi connectivity index (χ2v) is 6.93. The Bertz CT molecular complexity index is 317. The lowest BCUT2D eigenvalue weighted by molar-refractivity contribution is -0.140. The Balaban J connectivity index is 1.63. The molecule has 3 aliphatic rings. The number of carbonyl (C=O) groups excluding carboxylic acids is 1. The van der Waals surface area contributed by atoms with E-state index < -0.39 is 0 Å². The monoisotopic (exact) mass is 264 g/mol. The topological polar surface area (TPSA) is 32.3 Å². The lowest BCUT2D eigenvalue weighted by Gasteiger charge is -2.40. The third-order valence-electron chi connectivity index (χ3n) is 5.36. The van der Waals surface area contributed by atoms with Gasteiger partial charge in [0.1, 0.15) is 0 Å². The zero-order valence-electron chi connectivity index (χ0n) is 12.2. The fourth-order valence-corrected chi connectivity index (χ4v) is 3.52. The van der Waals surface area contributed by atoms with Gasteiger partial charge in [0.15, 0.2) is 0 Å². The smallest absolute Gasteiger partial charge is 0.226 e. The van der Waals surface area contributed by atoms with Crippen molar-refractivity contribution in [3.63, 3.8) is 0 Å². The molecule has 1 heterocycles. The van der Waals surface area contributed by atoms with Crippen LogP contribution < -0.4 is 5.32 Å². The molecule has 2 saturated carbocycles. The van der Waals surface area contributed by atoms with Crippen LogP contribution in [0.5, 0.6) is 0 Å². The first-order chi connectivity index (χ1) is 9.25. The summed E-state index contributed by atoms with van der Waals surface area (Å²) in [6.07, 6.45) is 9.18. The van der Waals surface area contributed by atoms with E-state index in [2.05, 4.69) is 17.1 Å². The summed E-state index contributed by atoms with van der Waals surface area (Å²) in [6.45, 7) is 5.27. The maximum atomic E-state index is 12.8. The molecule has 0 radical (unpaired) electrons. The minimum atomic E-state index is 0.224. The van der Waals surface area contributed by atoms with Crippen LogP contribution in [-0.4, -0.2) is 36.5 Å². The number of nitrogens with zero attached hydrogens (tertiary/aromatic N) is 1. The number of carbonyl (C=O) groups is 1. The highest BCUT2D eigenvalue weighted by Gasteiger charge is 2.37. The Labute approximate surface area is 117 Å². The minimum Gasteiger partial charge on any atom is -0.339 e. The molecule has 0 aromatic carbocycles. The molecule has 3 fully saturated rings. The molecule has 108 valence electrons. The third kappa shape index (κ3) is 3.13. The van der Waals surface area contributed by atoms with Gasteiger partial charge in [-0.15, -0.1) is 0 Å². The third-order valence-corrected chi connectivity index (χ3v) is 5.36. The summed E-state index contributed by atoms with van der Waals surface area (Å²) in [5.74, 6) is 2.07. The van der Waals surface area contributed by atoms with Crippen LogP contribution in [0.4, 0.5) is 0 Å². The van der Waals surface area contributed by atoms with E-state index in [1.807, 2.05) is 0 Å². The standard InChI is InChI=1S/C16H28N2O/c1-12(14-9-17-10-14)16(19)18(11-13-7-8-13)15-5-3-2-4-6-15/h12-15,17H,2-11H2,1H3. The van der Waals surface area contributed by atoms with Gasteiger partial charge in [0.05, 0.1) is 0 Å². The molecule has 0 aromatic heterocycles. The Hall–Kier alpha value is -0.570. The highest BCUT2D eigenvalue weighted by atomic mass is 16.2. The summed E-state index contributed by atoms with van der Waals surface area (Å²) in [5.41, 5.74) is 0. The Morgan fingerprint density at radius 3 is 2.37 bits per heavy atom. The normalized spacial score (nSPS) is 26.8. The molecule has 3 rings (SSSR count). The SMILES string of the molecule is CC(C(=O)N(CC1CC1)C1CCCCC1)C1CNC1. The minimum absolute atomic E-state index is 0.224. The Morgan fingerprint density at radius 2 is 1.84 bits per heavy atom. The van der Waals surface area contributed by atoms with Gasteiger partial charge in [-0.05, 0) is 50.6 Å². The van der Waals surface area contributed by atoms with Gasteiger partial charge in [-0.25, -0.2) is 0 Å². The van der Waals surface area contributed by atoms with Crippen molar-refractivity contribution in [2.45, 2.75) is 57.9 Å². The molecule has 1 unspecified atom stereocenters. The summed E-state index contributed by atoms with van der Waals surface area (Å²) in [6, 6.07) is 0.553. The average Bonchev–Trinajstić information content (AvgIpc) is 3.18. The molecule has 3 heteroatoms. The van der Waals surface area contributed by atoms with E-state index in [0.717, 1.165) is 25.6 Å². The first kappa shape index (κ1) is 13.4. The maximum absolute atomic E-state index is 12.8. The molecular weight excluding hydrogens is 236 g/mol. The molecule has 19 heavy (non-hydrogen) atoms. The zero-order valence-corrected chi connectivity index (χ0v) is 12.2. The molecule has 0 aromatic rings. The summed E-state index contributed by atoms with van der Waals surface area (Å²) in [4.78, 5) is 15.1. The van der Waals surface area contributed by atoms with Gasteiger partial charge in [0.25, 0.3) is 0 Å². The highest BCUT2D eigenvalue weighted by Crippen LogP contribution is 2.34. The van der Waals surface area contributed by atoms with Crippen molar-refractivity contribution >= 4 is 5.91 Å². The predicted molar refractivity (Wildman–Crippen MR) is 76.8 cm³/mol. The van der Waals surface area contributed by atoms with E-state index in [9.17, 15) is 4.79 Å². The Kier molecular flexibility index (Phi) is 4.11. The van der Waals surface area contributed by atoms with Crippen molar-refractivity contribution in [1.29, 1.82) is 0 Å². The van der Waals surface area contributed by atoms with Crippen LogP contribution in [0, 0.1) is 17.8 Å². The van der Waals surface area contributed by atoms with Crippen molar-refractivity contribution < 1.29 is 4.79 Å². The van der Waals surface area contributed by atoms with Crippen LogP contribution in [0.15, 0.2) is 0 Å². The number of rotatable bonds is 5. The van der Waals surface area contributed by atoms with E-state index in [4.69, 9.17) is 0 Å². The molecule has 0 spiro atoms. The van der Waals surface area contributed by atoms with Crippen LogP contribution in [0.2, 0.25) is 0 Å². The van der Waals surface area contributed by atoms with Gasteiger partial charge >= 0.3 is 0 Å². The molecule has 3 nitrogen and oxygen atoms in total. The first-order valence-electron chi connectivity index (χ1n) is 8.27. The first-order valence-corrected chi connectivity index (χ1v) is 8.27. The van der Waals surface area contributed by atoms with Gasteiger partial charge in [-0.1, -0.05) is 26.2 Å². The van der Waals surface area contributed by atoms with Crippen LogP contribution in [0.1, 0.15) is 51.9 Å². The van der Waals surface area contributed by atoms with E-state index in [1.165, 1.54) is 44.9 Å². The average molecular weight is 264 g/mol. The second-order valence-electron chi connectivity index (χ2n) is 6.93. The fourth-order valence-electron chi connectivity index (χ4n) is 3.52. The summed E-state index contributed by atoms with van der Waals surface area (Å²) in [5, 5.41) is 3.30. The summed E-state index contributed by atoms with van der Waals surface area (Å²) in [7, 11) is 0. The molecular formula is C16H28N2O. The van der Waals surface area contributed by atoms with Crippen molar-refractivity contribution in [2.24, 2.45) is 17.8 Å². The highest BCUT2D eigenvalue weighted by molar-refractivity contribution is 5.79. The molecule has 1 N–H and O–H groups in total. The number of hydrogen-bond acceptors (Lipinski definition) is 2. The lowest BCUT2D eigenvalue weighted by Crippen LogP contribution is -2.53. The van der Waals surface area contributed by atoms with Crippen molar-refractivity contribution in [2.75, 3.05) is 19.6 Å². The van der Waals surface area contributed by atoms with Crippen molar-refractivity contribution in [3.8, 4) is 0 Å². The molecule has 1 atom stereocenters. The van der Waals surface area contributed by atoms with Crippen molar-refractivity contribution in [1.82, 2.24) is 10.2 Å². The van der Waals surface area contributed by atoms with E-state index in [0.29, 0.717) is 17.9 Å². The van der Waals surface area contributed by atoms with Gasteiger partial charge in [-0.2, -0.15) is 0 Å². The van der Waals surface area contributed by atoms with Crippen LogP contribution in [0.25, 0.3) is 0 Å². The molecule has 2 aliphatic carbocycles. The molecule has 1 amide bonds. The molecule has 1 saturated heterocycles. The summed E-state index contributed by atoms with van der Waals surface area (Å²) < 4.78 is 0. The van der Waals surface area contributed by atoms with Gasteiger partial charge in [-0.3, -0.25) is 4.79 Å². The van der Waals surface area contributed by atoms with E-state index in [-0.39, 0.29) is 5.92 Å². The van der Waals surface area contributed by atoms with Gasteiger partial charge < -0.3 is 10.2 Å². The van der Waals surface area contributed by atoms with Crippen molar-refractivity contribution in [3.05, 3.63) is 0 Å². The molecule has 0 bridgehead atoms. The fraction of sp³-hybridized carbons (Fsp3) is 0.938.